The molecule has 3 heterocycles. The maximum Gasteiger partial charge on any atom is 0.254 e. The molecule has 11 heteroatoms. The summed E-state index contributed by atoms with van der Waals surface area (Å²) in [6.45, 7) is -0.0618. The van der Waals surface area contributed by atoms with E-state index in [0.29, 0.717) is 35.2 Å². The number of nitrogens with one attached hydrogen (secondary N) is 3. The van der Waals surface area contributed by atoms with Crippen molar-refractivity contribution in [2.24, 2.45) is 0 Å². The largest absolute Gasteiger partial charge is 0.494 e. The van der Waals surface area contributed by atoms with Crippen molar-refractivity contribution < 1.29 is 18.0 Å². The second-order valence-electron chi connectivity index (χ2n) is 6.99. The predicted octanol–water partition coefficient (Wildman–Crippen LogP) is 3.75. The van der Waals surface area contributed by atoms with Crippen LogP contribution in [-0.2, 0) is 6.54 Å². The Morgan fingerprint density at radius 3 is 2.65 bits per heavy atom. The fraction of sp³-hybridized carbons (Fsp3) is 0.174. The van der Waals surface area contributed by atoms with Gasteiger partial charge in [-0.2, -0.15) is 5.10 Å². The molecule has 1 aromatic carbocycles. The summed E-state index contributed by atoms with van der Waals surface area (Å²) in [4.78, 5) is 25.1. The maximum atomic E-state index is 13.3. The number of aryl methyl sites for hydroxylation is 1. The van der Waals surface area contributed by atoms with Crippen molar-refractivity contribution in [3.05, 3.63) is 66.5 Å². The molecule has 0 unspecified atom stereocenters. The molecule has 1 amide bonds. The Balaban J connectivity index is 1.74. The Kier molecular flexibility index (Phi) is 5.55. The van der Waals surface area contributed by atoms with Crippen molar-refractivity contribution in [2.45, 2.75) is 13.5 Å². The number of aromatic nitrogens is 5. The van der Waals surface area contributed by atoms with Gasteiger partial charge in [0, 0.05) is 42.2 Å². The normalized spacial score (nSPS) is 12.3. The first-order valence-corrected chi connectivity index (χ1v) is 10.2. The van der Waals surface area contributed by atoms with Gasteiger partial charge in [-0.1, -0.05) is 6.07 Å². The van der Waals surface area contributed by atoms with Crippen LogP contribution in [0.1, 0.15) is 21.4 Å². The molecule has 0 aliphatic carbocycles. The molecular formula is C23H23FN8O2. The molecule has 0 fully saturated rings. The Morgan fingerprint density at radius 2 is 1.94 bits per heavy atom. The number of nitrogens with zero attached hydrogens (tertiary/aromatic N) is 5. The Hall–Kier alpha value is -4.54. The Labute approximate surface area is 199 Å². The van der Waals surface area contributed by atoms with Crippen LogP contribution in [-0.4, -0.2) is 44.7 Å². The lowest BCUT2D eigenvalue weighted by atomic mass is 10.1. The van der Waals surface area contributed by atoms with E-state index in [2.05, 4.69) is 30.7 Å². The molecule has 3 aromatic heterocycles. The van der Waals surface area contributed by atoms with Gasteiger partial charge in [-0.3, -0.25) is 9.48 Å². The zero-order chi connectivity index (χ0) is 26.6. The summed E-state index contributed by atoms with van der Waals surface area (Å²) >= 11 is 0. The highest BCUT2D eigenvalue weighted by Crippen LogP contribution is 2.37. The second-order valence-corrected chi connectivity index (χ2v) is 6.99. The number of carbonyl (C=O) groups is 1. The summed E-state index contributed by atoms with van der Waals surface area (Å²) in [5.74, 6) is 0.00533. The van der Waals surface area contributed by atoms with Crippen molar-refractivity contribution >= 4 is 28.9 Å². The number of anilines is 4. The molecule has 4 aromatic rings. The standard InChI is InChI=1S/C23H23FN8O2/c1-4-32-9-8-19(31-32)30-20-10-18(16(13-26-20)23(33)25-2)29-17-7-5-6-15(21(17)34-3)22-27-11-14(24)12-28-22/h5-13H,4H2,1-3H3,(H,25,33)(H2,26,29,30,31)/i2D3. The number of hydrogen-bond donors (Lipinski definition) is 3. The van der Waals surface area contributed by atoms with E-state index in [9.17, 15) is 9.18 Å². The summed E-state index contributed by atoms with van der Waals surface area (Å²) in [6, 6.07) is 8.40. The molecule has 0 aliphatic heterocycles. The molecule has 3 N–H and O–H groups in total. The topological polar surface area (TPSA) is 119 Å². The van der Waals surface area contributed by atoms with Gasteiger partial charge in [0.25, 0.3) is 5.91 Å². The van der Waals surface area contributed by atoms with Crippen molar-refractivity contribution in [3.8, 4) is 17.1 Å². The number of amides is 1. The molecular weight excluding hydrogens is 439 g/mol. The SMILES string of the molecule is [2H]C([2H])([2H])NC(=O)c1cnc(Nc2ccn(CC)n2)cc1Nc1cccc(-c2ncc(F)cn2)c1OC. The summed E-state index contributed by atoms with van der Waals surface area (Å²) in [5.41, 5.74) is 1.11. The first-order chi connectivity index (χ1) is 17.7. The van der Waals surface area contributed by atoms with Gasteiger partial charge in [0.1, 0.15) is 5.82 Å². The van der Waals surface area contributed by atoms with Gasteiger partial charge in [0.15, 0.2) is 23.2 Å². The monoisotopic (exact) mass is 465 g/mol. The lowest BCUT2D eigenvalue weighted by molar-refractivity contribution is 0.0963. The van der Waals surface area contributed by atoms with Gasteiger partial charge < -0.3 is 20.7 Å². The third-order valence-corrected chi connectivity index (χ3v) is 4.83. The van der Waals surface area contributed by atoms with E-state index >= 15 is 0 Å². The summed E-state index contributed by atoms with van der Waals surface area (Å²) in [5, 5.41) is 12.5. The number of benzene rings is 1. The second kappa shape index (κ2) is 9.94. The van der Waals surface area contributed by atoms with Crippen LogP contribution in [0.15, 0.2) is 55.1 Å². The van der Waals surface area contributed by atoms with Crippen LogP contribution in [0.25, 0.3) is 11.4 Å². The van der Waals surface area contributed by atoms with Crippen LogP contribution in [0.5, 0.6) is 5.75 Å². The molecule has 10 nitrogen and oxygen atoms in total. The first-order valence-electron chi connectivity index (χ1n) is 11.7. The molecule has 174 valence electrons. The highest BCUT2D eigenvalue weighted by Gasteiger charge is 2.17. The minimum atomic E-state index is -2.70. The predicted molar refractivity (Wildman–Crippen MR) is 126 cm³/mol. The van der Waals surface area contributed by atoms with Gasteiger partial charge in [0.05, 0.1) is 42.0 Å². The molecule has 0 atom stereocenters. The Morgan fingerprint density at radius 1 is 1.12 bits per heavy atom. The van der Waals surface area contributed by atoms with Crippen molar-refractivity contribution in [2.75, 3.05) is 24.7 Å². The van der Waals surface area contributed by atoms with Crippen LogP contribution in [0.2, 0.25) is 0 Å². The van der Waals surface area contributed by atoms with Gasteiger partial charge >= 0.3 is 0 Å². The van der Waals surface area contributed by atoms with Crippen LogP contribution in [0, 0.1) is 5.82 Å². The maximum absolute atomic E-state index is 13.3. The van der Waals surface area contributed by atoms with E-state index < -0.39 is 18.7 Å². The zero-order valence-corrected chi connectivity index (χ0v) is 18.3. The summed E-state index contributed by atoms with van der Waals surface area (Å²) in [7, 11) is 1.44. The third kappa shape index (κ3) is 4.77. The van der Waals surface area contributed by atoms with E-state index in [4.69, 9.17) is 8.85 Å². The number of rotatable bonds is 8. The lowest BCUT2D eigenvalue weighted by Gasteiger charge is -2.17. The molecule has 0 radical (unpaired) electrons. The minimum absolute atomic E-state index is 0.0220. The van der Waals surface area contributed by atoms with Gasteiger partial charge in [-0.05, 0) is 19.1 Å². The van der Waals surface area contributed by atoms with Crippen LogP contribution >= 0.6 is 0 Å². The fourth-order valence-electron chi connectivity index (χ4n) is 3.24. The Bertz CT molecular complexity index is 1410. The smallest absolute Gasteiger partial charge is 0.254 e. The van der Waals surface area contributed by atoms with E-state index in [1.807, 2.05) is 12.2 Å². The molecule has 0 spiro atoms. The van der Waals surface area contributed by atoms with Crippen molar-refractivity contribution in [1.29, 1.82) is 0 Å². The van der Waals surface area contributed by atoms with E-state index in [1.165, 1.54) is 13.3 Å². The van der Waals surface area contributed by atoms with Crippen LogP contribution in [0.4, 0.5) is 27.4 Å². The van der Waals surface area contributed by atoms with Crippen molar-refractivity contribution in [1.82, 2.24) is 30.0 Å². The molecule has 0 saturated carbocycles. The number of pyridine rings is 1. The van der Waals surface area contributed by atoms with Gasteiger partial charge in [-0.15, -0.1) is 0 Å². The van der Waals surface area contributed by atoms with Crippen LogP contribution < -0.4 is 20.7 Å². The molecule has 0 bridgehead atoms. The number of halogens is 1. The number of carbonyl (C=O) groups excluding carboxylic acids is 1. The van der Waals surface area contributed by atoms with Gasteiger partial charge in [0.2, 0.25) is 0 Å². The number of methoxy groups -OCH3 is 1. The summed E-state index contributed by atoms with van der Waals surface area (Å²) < 4.78 is 42.8. The highest BCUT2D eigenvalue weighted by atomic mass is 19.1. The fourth-order valence-corrected chi connectivity index (χ4v) is 3.24. The molecule has 4 rings (SSSR count). The van der Waals surface area contributed by atoms with E-state index in [1.54, 1.807) is 41.2 Å². The van der Waals surface area contributed by atoms with E-state index in [0.717, 1.165) is 12.4 Å². The molecule has 34 heavy (non-hydrogen) atoms. The molecule has 0 aliphatic rings. The van der Waals surface area contributed by atoms with Crippen molar-refractivity contribution in [3.63, 3.8) is 0 Å². The lowest BCUT2D eigenvalue weighted by Crippen LogP contribution is -2.19. The average molecular weight is 466 g/mol. The number of hydrogen-bond acceptors (Lipinski definition) is 8. The third-order valence-electron chi connectivity index (χ3n) is 4.83. The quantitative estimate of drug-likeness (QED) is 0.360. The molecule has 0 saturated heterocycles. The van der Waals surface area contributed by atoms with Crippen LogP contribution in [0.3, 0.4) is 0 Å². The van der Waals surface area contributed by atoms with Gasteiger partial charge in [-0.25, -0.2) is 19.3 Å². The number of para-hydroxylation sites is 1. The minimum Gasteiger partial charge on any atom is -0.494 e. The zero-order valence-electron chi connectivity index (χ0n) is 21.3. The average Bonchev–Trinajstić information content (AvgIpc) is 3.31. The summed E-state index contributed by atoms with van der Waals surface area (Å²) in [6.07, 6.45) is 5.13. The first kappa shape index (κ1) is 19.0. The highest BCUT2D eigenvalue weighted by molar-refractivity contribution is 6.00. The number of ether oxygens (including phenoxy) is 1. The van der Waals surface area contributed by atoms with E-state index in [-0.39, 0.29) is 17.1 Å².